The van der Waals surface area contributed by atoms with Crippen LogP contribution in [0.3, 0.4) is 0 Å². The molecule has 0 aromatic heterocycles. The molecule has 0 aliphatic heterocycles. The fourth-order valence-corrected chi connectivity index (χ4v) is 0.307. The van der Waals surface area contributed by atoms with E-state index in [0.717, 1.165) is 0 Å². The van der Waals surface area contributed by atoms with Crippen molar-refractivity contribution in [2.24, 2.45) is 0 Å². The number of hydrogen-bond acceptors (Lipinski definition) is 5. The Morgan fingerprint density at radius 2 is 1.58 bits per heavy atom. The Kier molecular flexibility index (Phi) is 3.41. The van der Waals surface area contributed by atoms with Gasteiger partial charge in [-0.25, -0.2) is 9.59 Å². The van der Waals surface area contributed by atoms with Crippen LogP contribution in [-0.2, 0) is 23.9 Å². The Bertz CT molecular complexity index is 240. The summed E-state index contributed by atoms with van der Waals surface area (Å²) in [5.74, 6) is -6.65. The van der Waals surface area contributed by atoms with Crippen LogP contribution in [0.1, 0.15) is 6.42 Å². The van der Waals surface area contributed by atoms with Gasteiger partial charge in [0, 0.05) is 0 Å². The molecule has 0 aliphatic rings. The Labute approximate surface area is 65.5 Å². The van der Waals surface area contributed by atoms with Gasteiger partial charge in [0.2, 0.25) is 0 Å². The minimum atomic E-state index is -1.95. The molecule has 7 nitrogen and oxygen atoms in total. The summed E-state index contributed by atoms with van der Waals surface area (Å²) in [7, 11) is 0. The molecular formula is C5H4O7. The summed E-state index contributed by atoms with van der Waals surface area (Å²) in [4.78, 5) is 39.9. The van der Waals surface area contributed by atoms with E-state index in [9.17, 15) is 19.2 Å². The third-order valence-electron chi connectivity index (χ3n) is 0.677. The smallest absolute Gasteiger partial charge is 0.424 e. The van der Waals surface area contributed by atoms with E-state index in [1.807, 2.05) is 0 Å². The number of carboxylic acid groups (broad SMARTS) is 2. The highest BCUT2D eigenvalue weighted by Gasteiger charge is 2.19. The average Bonchev–Trinajstić information content (AvgIpc) is 1.84. The summed E-state index contributed by atoms with van der Waals surface area (Å²) in [5.41, 5.74) is 0. The lowest BCUT2D eigenvalue weighted by molar-refractivity contribution is -0.171. The normalized spacial score (nSPS) is 8.67. The number of esters is 2. The van der Waals surface area contributed by atoms with Crippen LogP contribution in [0.5, 0.6) is 0 Å². The molecule has 0 aromatic rings. The first-order valence-corrected chi connectivity index (χ1v) is 2.63. The first kappa shape index (κ1) is 10.1. The molecule has 0 aromatic carbocycles. The summed E-state index contributed by atoms with van der Waals surface area (Å²) < 4.78 is 3.56. The molecule has 0 rings (SSSR count). The molecule has 2 N–H and O–H groups in total. The molecule has 12 heavy (non-hydrogen) atoms. The lowest BCUT2D eigenvalue weighted by Crippen LogP contribution is -2.22. The van der Waals surface area contributed by atoms with Crippen LogP contribution in [0, 0.1) is 0 Å². The van der Waals surface area contributed by atoms with Gasteiger partial charge < -0.3 is 14.9 Å². The quantitative estimate of drug-likeness (QED) is 0.302. The van der Waals surface area contributed by atoms with Crippen LogP contribution in [-0.4, -0.2) is 34.1 Å². The Hall–Kier alpha value is -1.92. The van der Waals surface area contributed by atoms with E-state index in [1.54, 1.807) is 0 Å². The minimum absolute atomic E-state index is 1.04. The molecule has 0 radical (unpaired) electrons. The van der Waals surface area contributed by atoms with Crippen molar-refractivity contribution in [1.82, 2.24) is 0 Å². The Morgan fingerprint density at radius 3 is 1.92 bits per heavy atom. The van der Waals surface area contributed by atoms with E-state index in [2.05, 4.69) is 4.74 Å². The van der Waals surface area contributed by atoms with Crippen molar-refractivity contribution in [2.45, 2.75) is 6.42 Å². The van der Waals surface area contributed by atoms with Gasteiger partial charge in [-0.15, -0.1) is 0 Å². The molecule has 0 saturated carbocycles. The highest BCUT2D eigenvalue weighted by atomic mass is 16.6. The number of hydrogen-bond donors (Lipinski definition) is 2. The molecular weight excluding hydrogens is 172 g/mol. The topological polar surface area (TPSA) is 118 Å². The van der Waals surface area contributed by atoms with Crippen molar-refractivity contribution in [3.05, 3.63) is 0 Å². The molecule has 7 heteroatoms. The molecule has 0 unspecified atom stereocenters. The number of carboxylic acids is 2. The number of rotatable bonds is 2. The minimum Gasteiger partial charge on any atom is -0.481 e. The fourth-order valence-electron chi connectivity index (χ4n) is 0.307. The van der Waals surface area contributed by atoms with E-state index in [1.165, 1.54) is 0 Å². The second kappa shape index (κ2) is 4.06. The van der Waals surface area contributed by atoms with Gasteiger partial charge >= 0.3 is 23.9 Å². The molecule has 0 fully saturated rings. The largest absolute Gasteiger partial charge is 0.481 e. The molecule has 0 atom stereocenters. The van der Waals surface area contributed by atoms with Crippen molar-refractivity contribution >= 4 is 23.9 Å². The van der Waals surface area contributed by atoms with Crippen molar-refractivity contribution < 1.29 is 34.1 Å². The van der Waals surface area contributed by atoms with Gasteiger partial charge in [-0.2, -0.15) is 0 Å². The molecule has 0 bridgehead atoms. The van der Waals surface area contributed by atoms with Gasteiger partial charge in [-0.1, -0.05) is 0 Å². The first-order chi connectivity index (χ1) is 5.43. The maximum atomic E-state index is 10.3. The fraction of sp³-hybridized carbons (Fsp3) is 0.200. The number of carbonyl (C=O) groups is 4. The van der Waals surface area contributed by atoms with E-state index >= 15 is 0 Å². The molecule has 0 saturated heterocycles. The molecule has 66 valence electrons. The van der Waals surface area contributed by atoms with Gasteiger partial charge in [0.15, 0.2) is 0 Å². The second-order valence-electron chi connectivity index (χ2n) is 1.64. The highest BCUT2D eigenvalue weighted by molar-refractivity contribution is 6.30. The average molecular weight is 176 g/mol. The molecule has 0 aliphatic carbocycles. The summed E-state index contributed by atoms with van der Waals surface area (Å²) in [6, 6.07) is 0. The van der Waals surface area contributed by atoms with Gasteiger partial charge in [0.05, 0.1) is 0 Å². The Balaban J connectivity index is 3.94. The van der Waals surface area contributed by atoms with Crippen LogP contribution in [0.4, 0.5) is 0 Å². The third-order valence-corrected chi connectivity index (χ3v) is 0.677. The van der Waals surface area contributed by atoms with Crippen molar-refractivity contribution in [3.63, 3.8) is 0 Å². The standard InChI is InChI=1S/C5H4O7/c6-2(7)1-3(8)12-5(11)4(9)10/h1H2,(H,6,7)(H,9,10). The monoisotopic (exact) mass is 176 g/mol. The van der Waals surface area contributed by atoms with Crippen molar-refractivity contribution in [2.75, 3.05) is 0 Å². The van der Waals surface area contributed by atoms with Gasteiger partial charge in [0.25, 0.3) is 0 Å². The van der Waals surface area contributed by atoms with E-state index < -0.39 is 30.3 Å². The number of ether oxygens (including phenoxy) is 1. The maximum absolute atomic E-state index is 10.3. The number of aliphatic carboxylic acids is 2. The first-order valence-electron chi connectivity index (χ1n) is 2.63. The van der Waals surface area contributed by atoms with Crippen molar-refractivity contribution in [3.8, 4) is 0 Å². The molecule has 0 spiro atoms. The third kappa shape index (κ3) is 3.99. The zero-order chi connectivity index (χ0) is 9.72. The van der Waals surface area contributed by atoms with Crippen LogP contribution >= 0.6 is 0 Å². The van der Waals surface area contributed by atoms with Gasteiger partial charge in [0.1, 0.15) is 6.42 Å². The molecule has 0 heterocycles. The molecule has 0 amide bonds. The van der Waals surface area contributed by atoms with Crippen LogP contribution in [0.2, 0.25) is 0 Å². The zero-order valence-electron chi connectivity index (χ0n) is 5.64. The van der Waals surface area contributed by atoms with E-state index in [0.29, 0.717) is 0 Å². The lowest BCUT2D eigenvalue weighted by Gasteiger charge is -1.94. The van der Waals surface area contributed by atoms with E-state index in [4.69, 9.17) is 10.2 Å². The number of carbonyl (C=O) groups excluding carboxylic acids is 2. The van der Waals surface area contributed by atoms with Crippen LogP contribution < -0.4 is 0 Å². The van der Waals surface area contributed by atoms with Gasteiger partial charge in [-0.3, -0.25) is 9.59 Å². The summed E-state index contributed by atoms with van der Waals surface area (Å²) >= 11 is 0. The summed E-state index contributed by atoms with van der Waals surface area (Å²) in [5, 5.41) is 15.9. The predicted molar refractivity (Wildman–Crippen MR) is 31.0 cm³/mol. The summed E-state index contributed by atoms with van der Waals surface area (Å²) in [6.45, 7) is 0. The maximum Gasteiger partial charge on any atom is 0.424 e. The van der Waals surface area contributed by atoms with Crippen molar-refractivity contribution in [1.29, 1.82) is 0 Å². The second-order valence-corrected chi connectivity index (χ2v) is 1.64. The Morgan fingerprint density at radius 1 is 1.08 bits per heavy atom. The summed E-state index contributed by atoms with van der Waals surface area (Å²) in [6.07, 6.45) is -1.04. The van der Waals surface area contributed by atoms with E-state index in [-0.39, 0.29) is 0 Å². The SMILES string of the molecule is O=C(O)CC(=O)OC(=O)C(=O)O. The lowest BCUT2D eigenvalue weighted by atomic mass is 10.4. The highest BCUT2D eigenvalue weighted by Crippen LogP contribution is 1.87. The predicted octanol–water partition coefficient (Wildman–Crippen LogP) is -1.38. The van der Waals surface area contributed by atoms with Crippen LogP contribution in [0.15, 0.2) is 0 Å². The zero-order valence-corrected chi connectivity index (χ0v) is 5.64. The van der Waals surface area contributed by atoms with Gasteiger partial charge in [-0.05, 0) is 0 Å². The van der Waals surface area contributed by atoms with Crippen LogP contribution in [0.25, 0.3) is 0 Å².